The molecule has 0 atom stereocenters. The minimum atomic E-state index is -4.69. The number of carbonyl (C=O) groups is 1. The van der Waals surface area contributed by atoms with Crippen LogP contribution in [0, 0.1) is 11.2 Å². The normalized spacial score (nSPS) is 17.3. The second-order valence-corrected chi connectivity index (χ2v) is 9.47. The van der Waals surface area contributed by atoms with Gasteiger partial charge in [0.1, 0.15) is 10.8 Å². The first-order chi connectivity index (χ1) is 13.3. The molecule has 0 saturated carbocycles. The maximum atomic E-state index is 14.1. The number of alkyl halides is 3. The Kier molecular flexibility index (Phi) is 5.46. The molecule has 1 aromatic carbocycles. The van der Waals surface area contributed by atoms with Gasteiger partial charge in [0.25, 0.3) is 5.91 Å². The predicted octanol–water partition coefficient (Wildman–Crippen LogP) is 4.18. The summed E-state index contributed by atoms with van der Waals surface area (Å²) in [6.07, 6.45) is -4.69. The van der Waals surface area contributed by atoms with Crippen LogP contribution in [-0.4, -0.2) is 28.9 Å². The van der Waals surface area contributed by atoms with Gasteiger partial charge in [-0.25, -0.2) is 9.07 Å². The molecule has 10 heteroatoms. The Morgan fingerprint density at radius 2 is 1.97 bits per heavy atom. The van der Waals surface area contributed by atoms with E-state index < -0.39 is 29.0 Å². The molecule has 2 heterocycles. The number of benzene rings is 1. The number of halogens is 4. The number of aromatic nitrogens is 2. The van der Waals surface area contributed by atoms with Crippen molar-refractivity contribution in [1.29, 1.82) is 0 Å². The van der Waals surface area contributed by atoms with E-state index in [-0.39, 0.29) is 15.6 Å². The summed E-state index contributed by atoms with van der Waals surface area (Å²) in [6.45, 7) is 9.32. The zero-order chi connectivity index (χ0) is 21.6. The first kappa shape index (κ1) is 21.6. The van der Waals surface area contributed by atoms with E-state index in [0.717, 1.165) is 11.3 Å². The molecule has 0 aliphatic carbocycles. The molecule has 1 fully saturated rings. The summed E-state index contributed by atoms with van der Waals surface area (Å²) < 4.78 is 59.6. The second-order valence-electron chi connectivity index (χ2n) is 8.51. The van der Waals surface area contributed by atoms with E-state index in [1.54, 1.807) is 4.68 Å². The van der Waals surface area contributed by atoms with E-state index in [9.17, 15) is 22.4 Å². The Labute approximate surface area is 169 Å². The van der Waals surface area contributed by atoms with Gasteiger partial charge >= 0.3 is 6.18 Å². The lowest BCUT2D eigenvalue weighted by molar-refractivity contribution is -0.137. The van der Waals surface area contributed by atoms with Crippen molar-refractivity contribution in [2.45, 2.75) is 45.8 Å². The van der Waals surface area contributed by atoms with Gasteiger partial charge in [-0.05, 0) is 18.2 Å². The lowest BCUT2D eigenvalue weighted by Gasteiger charge is -2.37. The molecule has 0 bridgehead atoms. The van der Waals surface area contributed by atoms with Crippen LogP contribution in [-0.2, 0) is 22.9 Å². The molecule has 0 N–H and O–H groups in total. The molecule has 0 radical (unpaired) electrons. The van der Waals surface area contributed by atoms with Gasteiger partial charge in [0, 0.05) is 10.8 Å². The van der Waals surface area contributed by atoms with Crippen molar-refractivity contribution in [3.05, 3.63) is 45.0 Å². The van der Waals surface area contributed by atoms with Crippen molar-refractivity contribution >= 4 is 17.2 Å². The first-order valence-corrected chi connectivity index (χ1v) is 9.72. The molecule has 0 unspecified atom stereocenters. The lowest BCUT2D eigenvalue weighted by Crippen LogP contribution is -2.45. The fourth-order valence-electron chi connectivity index (χ4n) is 2.71. The summed E-state index contributed by atoms with van der Waals surface area (Å²) in [5.74, 6) is -2.14. The lowest BCUT2D eigenvalue weighted by atomic mass is 9.89. The number of nitrogens with zero attached hydrogens (tertiary/aromatic N) is 3. The highest BCUT2D eigenvalue weighted by atomic mass is 32.1. The third-order valence-corrected chi connectivity index (χ3v) is 5.79. The Morgan fingerprint density at radius 1 is 1.31 bits per heavy atom. The fraction of sp³-hybridized carbons (Fsp3) is 0.526. The highest BCUT2D eigenvalue weighted by Crippen LogP contribution is 2.31. The van der Waals surface area contributed by atoms with Crippen LogP contribution in [0.3, 0.4) is 0 Å². The van der Waals surface area contributed by atoms with Crippen LogP contribution in [0.25, 0.3) is 0 Å². The van der Waals surface area contributed by atoms with Gasteiger partial charge in [0.15, 0.2) is 0 Å². The average molecular weight is 431 g/mol. The SMILES string of the molecule is CC1(Cn2nc(C(C)(C)C)s/c2=N\C(=O)c2cc(C(F)(F)F)ccc2F)COC1. The largest absolute Gasteiger partial charge is 0.416 e. The number of hydrogen-bond acceptors (Lipinski definition) is 4. The molecule has 5 nitrogen and oxygen atoms in total. The maximum absolute atomic E-state index is 14.1. The second kappa shape index (κ2) is 7.32. The van der Waals surface area contributed by atoms with E-state index in [2.05, 4.69) is 10.1 Å². The van der Waals surface area contributed by atoms with Crippen LogP contribution in [0.4, 0.5) is 17.6 Å². The zero-order valence-electron chi connectivity index (χ0n) is 16.4. The summed E-state index contributed by atoms with van der Waals surface area (Å²) in [7, 11) is 0. The van der Waals surface area contributed by atoms with E-state index in [4.69, 9.17) is 4.74 Å². The smallest absolute Gasteiger partial charge is 0.380 e. The van der Waals surface area contributed by atoms with Crippen molar-refractivity contribution in [1.82, 2.24) is 9.78 Å². The Bertz CT molecular complexity index is 998. The molecule has 1 saturated heterocycles. The quantitative estimate of drug-likeness (QED) is 0.686. The van der Waals surface area contributed by atoms with Gasteiger partial charge in [-0.15, -0.1) is 0 Å². The van der Waals surface area contributed by atoms with Gasteiger partial charge in [-0.3, -0.25) is 4.79 Å². The predicted molar refractivity (Wildman–Crippen MR) is 99.0 cm³/mol. The minimum absolute atomic E-state index is 0.178. The molecule has 1 aliphatic rings. The van der Waals surface area contributed by atoms with Crippen LogP contribution in [0.15, 0.2) is 23.2 Å². The molecule has 158 valence electrons. The van der Waals surface area contributed by atoms with E-state index in [1.165, 1.54) is 0 Å². The number of rotatable bonds is 3. The summed E-state index contributed by atoms with van der Waals surface area (Å²) >= 11 is 1.16. The van der Waals surface area contributed by atoms with Crippen molar-refractivity contribution in [3.63, 3.8) is 0 Å². The monoisotopic (exact) mass is 431 g/mol. The van der Waals surface area contributed by atoms with Crippen LogP contribution >= 0.6 is 11.3 Å². The highest BCUT2D eigenvalue weighted by molar-refractivity contribution is 7.09. The number of amides is 1. The molecule has 1 aliphatic heterocycles. The molecule has 0 spiro atoms. The van der Waals surface area contributed by atoms with Crippen molar-refractivity contribution < 1.29 is 27.1 Å². The Hall–Kier alpha value is -2.07. The summed E-state index contributed by atoms with van der Waals surface area (Å²) in [4.78, 5) is 16.7. The first-order valence-electron chi connectivity index (χ1n) is 8.91. The minimum Gasteiger partial charge on any atom is -0.380 e. The number of carbonyl (C=O) groups excluding carboxylic acids is 1. The average Bonchev–Trinajstić information content (AvgIpc) is 2.95. The van der Waals surface area contributed by atoms with E-state index in [1.807, 2.05) is 27.7 Å². The summed E-state index contributed by atoms with van der Waals surface area (Å²) in [5, 5.41) is 5.24. The van der Waals surface area contributed by atoms with E-state index >= 15 is 0 Å². The molecule has 3 rings (SSSR count). The standard InChI is InChI=1S/C19H21F4N3O2S/c1-17(2,3)15-25-26(8-18(4)9-28-10-18)16(29-15)24-14(27)12-7-11(19(21,22)23)5-6-13(12)20/h5-7H,8-10H2,1-4H3/b24-16-. The van der Waals surface area contributed by atoms with Gasteiger partial charge in [0.05, 0.1) is 30.9 Å². The van der Waals surface area contributed by atoms with Gasteiger partial charge < -0.3 is 4.74 Å². The van der Waals surface area contributed by atoms with Crippen molar-refractivity contribution in [3.8, 4) is 0 Å². The number of hydrogen-bond donors (Lipinski definition) is 0. The molecule has 1 amide bonds. The molecular weight excluding hydrogens is 410 g/mol. The molecule has 29 heavy (non-hydrogen) atoms. The third kappa shape index (κ3) is 4.75. The number of ether oxygens (including phenoxy) is 1. The third-order valence-electron chi connectivity index (χ3n) is 4.42. The Morgan fingerprint density at radius 3 is 2.48 bits per heavy atom. The molecular formula is C19H21F4N3O2S. The van der Waals surface area contributed by atoms with Crippen LogP contribution in [0.2, 0.25) is 0 Å². The van der Waals surface area contributed by atoms with Gasteiger partial charge in [-0.1, -0.05) is 39.0 Å². The fourth-order valence-corrected chi connectivity index (χ4v) is 3.67. The topological polar surface area (TPSA) is 56.5 Å². The van der Waals surface area contributed by atoms with Crippen molar-refractivity contribution in [2.24, 2.45) is 10.4 Å². The maximum Gasteiger partial charge on any atom is 0.416 e. The van der Waals surface area contributed by atoms with Gasteiger partial charge in [0.2, 0.25) is 4.80 Å². The summed E-state index contributed by atoms with van der Waals surface area (Å²) in [6, 6.07) is 1.70. The van der Waals surface area contributed by atoms with Crippen molar-refractivity contribution in [2.75, 3.05) is 13.2 Å². The highest BCUT2D eigenvalue weighted by Gasteiger charge is 2.35. The zero-order valence-corrected chi connectivity index (χ0v) is 17.2. The summed E-state index contributed by atoms with van der Waals surface area (Å²) in [5.41, 5.74) is -2.33. The Balaban J connectivity index is 2.05. The van der Waals surface area contributed by atoms with Gasteiger partial charge in [-0.2, -0.15) is 23.3 Å². The van der Waals surface area contributed by atoms with Crippen LogP contribution in [0.5, 0.6) is 0 Å². The molecule has 2 aromatic rings. The van der Waals surface area contributed by atoms with E-state index in [0.29, 0.717) is 43.0 Å². The van der Waals surface area contributed by atoms with Crippen LogP contribution in [0.1, 0.15) is 48.6 Å². The van der Waals surface area contributed by atoms with Crippen LogP contribution < -0.4 is 4.80 Å². The molecule has 1 aromatic heterocycles.